The van der Waals surface area contributed by atoms with E-state index >= 15 is 0 Å². The first-order chi connectivity index (χ1) is 13.8. The molecule has 0 bridgehead atoms. The molecule has 1 aliphatic rings. The number of benzene rings is 2. The normalized spacial score (nSPS) is 13.7. The van der Waals surface area contributed by atoms with Crippen molar-refractivity contribution in [3.05, 3.63) is 94.6 Å². The van der Waals surface area contributed by atoms with Gasteiger partial charge >= 0.3 is 0 Å². The number of nitrogens with one attached hydrogen (secondary N) is 1. The fourth-order valence-corrected chi connectivity index (χ4v) is 3.33. The number of azo groups is 1. The molecule has 0 radical (unpaired) electrons. The van der Waals surface area contributed by atoms with Crippen LogP contribution in [0.4, 0.5) is 5.69 Å². The standard InChI is InChI=1S/C23H16N4O/c28-23-19(17-3-1-2-4-20(17)25-23)13-16-5-7-18-21(26-27-22(18)14-16)8-6-15-9-11-24-12-10-15/h1-14,25,28H. The van der Waals surface area contributed by atoms with Crippen LogP contribution in [0.3, 0.4) is 0 Å². The summed E-state index contributed by atoms with van der Waals surface area (Å²) < 4.78 is 0. The predicted octanol–water partition coefficient (Wildman–Crippen LogP) is 4.02. The highest BCUT2D eigenvalue weighted by Crippen LogP contribution is 2.27. The van der Waals surface area contributed by atoms with Crippen LogP contribution in [0.1, 0.15) is 11.1 Å². The first kappa shape index (κ1) is 16.2. The van der Waals surface area contributed by atoms with Crippen LogP contribution >= 0.6 is 0 Å². The van der Waals surface area contributed by atoms with E-state index in [9.17, 15) is 5.11 Å². The van der Waals surface area contributed by atoms with E-state index in [1.54, 1.807) is 12.4 Å². The highest BCUT2D eigenvalue weighted by molar-refractivity contribution is 5.91. The molecule has 0 spiro atoms. The van der Waals surface area contributed by atoms with Gasteiger partial charge in [-0.05, 0) is 53.3 Å². The van der Waals surface area contributed by atoms with Crippen LogP contribution < -0.4 is 10.4 Å². The zero-order valence-corrected chi connectivity index (χ0v) is 14.9. The maximum atomic E-state index is 10.3. The molecule has 4 aromatic rings. The van der Waals surface area contributed by atoms with Gasteiger partial charge in [-0.3, -0.25) is 4.98 Å². The SMILES string of the molecule is Oc1[nH]c2ccccc2c1C=c1ccc2c(c1)N=NC=2C=Cc1ccncc1. The Morgan fingerprint density at radius 1 is 0.893 bits per heavy atom. The number of aromatic nitrogens is 2. The molecule has 1 aliphatic heterocycles. The number of hydrogen-bond donors (Lipinski definition) is 2. The van der Waals surface area contributed by atoms with Gasteiger partial charge in [-0.15, -0.1) is 10.2 Å². The molecule has 0 saturated carbocycles. The summed E-state index contributed by atoms with van der Waals surface area (Å²) in [6.07, 6.45) is 9.43. The molecule has 5 nitrogen and oxygen atoms in total. The number of pyridine rings is 1. The molecular weight excluding hydrogens is 348 g/mol. The predicted molar refractivity (Wildman–Crippen MR) is 110 cm³/mol. The maximum absolute atomic E-state index is 10.3. The van der Waals surface area contributed by atoms with Crippen LogP contribution in [-0.2, 0) is 0 Å². The summed E-state index contributed by atoms with van der Waals surface area (Å²) in [6, 6.07) is 17.7. The number of nitrogens with zero attached hydrogens (tertiary/aromatic N) is 3. The fourth-order valence-electron chi connectivity index (χ4n) is 3.33. The zero-order valence-electron chi connectivity index (χ0n) is 14.9. The topological polar surface area (TPSA) is 73.6 Å². The van der Waals surface area contributed by atoms with Crippen LogP contribution in [0.2, 0.25) is 0 Å². The average Bonchev–Trinajstić information content (AvgIpc) is 3.28. The number of aromatic hydroxyl groups is 1. The molecule has 0 aliphatic carbocycles. The number of aromatic amines is 1. The monoisotopic (exact) mass is 364 g/mol. The summed E-state index contributed by atoms with van der Waals surface area (Å²) in [4.78, 5) is 7.02. The van der Waals surface area contributed by atoms with Gasteiger partial charge in [-0.25, -0.2) is 0 Å². The second kappa shape index (κ2) is 6.63. The number of rotatable bonds is 3. The van der Waals surface area contributed by atoms with E-state index in [1.807, 2.05) is 72.8 Å². The molecule has 2 aromatic heterocycles. The van der Waals surface area contributed by atoms with Gasteiger partial charge in [0.1, 0.15) is 0 Å². The van der Waals surface area contributed by atoms with Gasteiger partial charge in [0.15, 0.2) is 5.88 Å². The van der Waals surface area contributed by atoms with E-state index in [-0.39, 0.29) is 5.88 Å². The smallest absolute Gasteiger partial charge is 0.196 e. The summed E-state index contributed by atoms with van der Waals surface area (Å²) in [5, 5.41) is 21.8. The molecule has 2 N–H and O–H groups in total. The summed E-state index contributed by atoms with van der Waals surface area (Å²) in [5.74, 6) is 0.163. The van der Waals surface area contributed by atoms with E-state index in [2.05, 4.69) is 20.2 Å². The highest BCUT2D eigenvalue weighted by Gasteiger charge is 2.09. The molecule has 2 aromatic carbocycles. The highest BCUT2D eigenvalue weighted by atomic mass is 16.3. The second-order valence-electron chi connectivity index (χ2n) is 6.55. The molecule has 0 atom stereocenters. The van der Waals surface area contributed by atoms with Crippen LogP contribution in [0.25, 0.3) is 28.8 Å². The minimum atomic E-state index is 0.163. The molecule has 3 heterocycles. The van der Waals surface area contributed by atoms with Crippen molar-refractivity contribution in [2.24, 2.45) is 10.2 Å². The first-order valence-electron chi connectivity index (χ1n) is 8.93. The molecule has 28 heavy (non-hydrogen) atoms. The lowest BCUT2D eigenvalue weighted by Crippen LogP contribution is -2.08. The van der Waals surface area contributed by atoms with E-state index in [0.29, 0.717) is 0 Å². The zero-order chi connectivity index (χ0) is 18.9. The van der Waals surface area contributed by atoms with Crippen molar-refractivity contribution < 1.29 is 5.11 Å². The van der Waals surface area contributed by atoms with Gasteiger partial charge in [0.25, 0.3) is 0 Å². The van der Waals surface area contributed by atoms with Crippen molar-refractivity contribution in [3.63, 3.8) is 0 Å². The van der Waals surface area contributed by atoms with E-state index < -0.39 is 0 Å². The van der Waals surface area contributed by atoms with Crippen molar-refractivity contribution in [2.45, 2.75) is 0 Å². The molecule has 0 unspecified atom stereocenters. The van der Waals surface area contributed by atoms with Crippen molar-refractivity contribution >= 4 is 34.4 Å². The maximum Gasteiger partial charge on any atom is 0.196 e. The quantitative estimate of drug-likeness (QED) is 0.576. The first-order valence-corrected chi connectivity index (χ1v) is 8.93. The Labute approximate surface area is 160 Å². The number of H-pyrrole nitrogens is 1. The third-order valence-electron chi connectivity index (χ3n) is 4.74. The van der Waals surface area contributed by atoms with Crippen LogP contribution in [0, 0.1) is 0 Å². The van der Waals surface area contributed by atoms with Crippen LogP contribution in [-0.4, -0.2) is 15.1 Å². The van der Waals surface area contributed by atoms with Gasteiger partial charge in [0.2, 0.25) is 0 Å². The molecule has 0 fully saturated rings. The lowest BCUT2D eigenvalue weighted by Gasteiger charge is -1.95. The second-order valence-corrected chi connectivity index (χ2v) is 6.55. The van der Waals surface area contributed by atoms with Crippen molar-refractivity contribution in [1.82, 2.24) is 9.97 Å². The summed E-state index contributed by atoms with van der Waals surface area (Å²) in [6.45, 7) is 0. The molecule has 134 valence electrons. The lowest BCUT2D eigenvalue weighted by molar-refractivity contribution is 0.457. The van der Waals surface area contributed by atoms with Gasteiger partial charge < -0.3 is 10.1 Å². The Kier molecular flexibility index (Phi) is 3.84. The molecule has 5 rings (SSSR count). The Morgan fingerprint density at radius 2 is 1.75 bits per heavy atom. The molecule has 0 saturated heterocycles. The molecule has 0 amide bonds. The number of fused-ring (bicyclic) bond motifs is 2. The summed E-state index contributed by atoms with van der Waals surface area (Å²) in [7, 11) is 0. The van der Waals surface area contributed by atoms with Crippen LogP contribution in [0.15, 0.2) is 83.3 Å². The third kappa shape index (κ3) is 2.89. The van der Waals surface area contributed by atoms with Gasteiger partial charge in [-0.1, -0.05) is 30.3 Å². The van der Waals surface area contributed by atoms with Crippen molar-refractivity contribution in [2.75, 3.05) is 0 Å². The fraction of sp³-hybridized carbons (Fsp3) is 0. The Balaban J connectivity index is 1.56. The van der Waals surface area contributed by atoms with Crippen molar-refractivity contribution in [1.29, 1.82) is 0 Å². The minimum absolute atomic E-state index is 0.163. The summed E-state index contributed by atoms with van der Waals surface area (Å²) in [5.41, 5.74) is 4.39. The number of para-hydroxylation sites is 1. The number of hydrogen-bond acceptors (Lipinski definition) is 4. The average molecular weight is 364 g/mol. The lowest BCUT2D eigenvalue weighted by atomic mass is 10.1. The van der Waals surface area contributed by atoms with Gasteiger partial charge in [0.05, 0.1) is 11.4 Å². The van der Waals surface area contributed by atoms with E-state index in [1.165, 1.54) is 0 Å². The Bertz CT molecular complexity index is 1370. The largest absolute Gasteiger partial charge is 0.494 e. The Morgan fingerprint density at radius 3 is 2.64 bits per heavy atom. The van der Waals surface area contributed by atoms with Gasteiger partial charge in [0, 0.05) is 34.1 Å². The van der Waals surface area contributed by atoms with E-state index in [0.717, 1.165) is 43.9 Å². The van der Waals surface area contributed by atoms with Crippen molar-refractivity contribution in [3.8, 4) is 5.88 Å². The molecule has 5 heteroatoms. The summed E-state index contributed by atoms with van der Waals surface area (Å²) >= 11 is 0. The van der Waals surface area contributed by atoms with Crippen LogP contribution in [0.5, 0.6) is 5.88 Å². The minimum Gasteiger partial charge on any atom is -0.494 e. The third-order valence-corrected chi connectivity index (χ3v) is 4.74. The Hall–Kier alpha value is -3.99. The van der Waals surface area contributed by atoms with E-state index in [4.69, 9.17) is 0 Å². The molecular formula is C23H16N4O. The van der Waals surface area contributed by atoms with Gasteiger partial charge in [-0.2, -0.15) is 0 Å².